The molecule has 0 aliphatic carbocycles. The third-order valence-corrected chi connectivity index (χ3v) is 3.86. The molecule has 0 atom stereocenters. The first-order chi connectivity index (χ1) is 12.3. The zero-order valence-corrected chi connectivity index (χ0v) is 16.9. The van der Waals surface area contributed by atoms with E-state index in [1.165, 1.54) is 5.56 Å². The summed E-state index contributed by atoms with van der Waals surface area (Å²) in [6.07, 6.45) is 0.891. The zero-order valence-electron chi connectivity index (χ0n) is 14.6. The number of aromatic nitrogens is 1. The minimum atomic E-state index is 0. The fourth-order valence-electron chi connectivity index (χ4n) is 2.55. The van der Waals surface area contributed by atoms with E-state index in [1.807, 2.05) is 42.5 Å². The lowest BCUT2D eigenvalue weighted by Crippen LogP contribution is -2.35. The van der Waals surface area contributed by atoms with Crippen LogP contribution in [0.4, 0.5) is 5.82 Å². The van der Waals surface area contributed by atoms with Crippen LogP contribution in [0, 0.1) is 0 Å². The molecule has 0 amide bonds. The SMILES string of the molecule is I.NC(=NCCc1ccccc1)NCCNc1ccc2ccccc2n1. The van der Waals surface area contributed by atoms with Crippen molar-refractivity contribution in [2.24, 2.45) is 10.7 Å². The van der Waals surface area contributed by atoms with Crippen molar-refractivity contribution >= 4 is 46.7 Å². The Morgan fingerprint density at radius 2 is 1.69 bits per heavy atom. The predicted molar refractivity (Wildman–Crippen MR) is 120 cm³/mol. The van der Waals surface area contributed by atoms with Crippen molar-refractivity contribution in [3.05, 3.63) is 72.3 Å². The Balaban J connectivity index is 0.00000243. The van der Waals surface area contributed by atoms with Gasteiger partial charge in [-0.2, -0.15) is 0 Å². The van der Waals surface area contributed by atoms with Crippen LogP contribution in [-0.2, 0) is 6.42 Å². The number of aliphatic imine (C=N–C) groups is 1. The van der Waals surface area contributed by atoms with E-state index in [2.05, 4.69) is 44.9 Å². The summed E-state index contributed by atoms with van der Waals surface area (Å²) in [7, 11) is 0. The quantitative estimate of drug-likeness (QED) is 0.218. The molecule has 0 aliphatic heterocycles. The summed E-state index contributed by atoms with van der Waals surface area (Å²) in [5.41, 5.74) is 8.14. The number of pyridine rings is 1. The molecule has 1 heterocycles. The van der Waals surface area contributed by atoms with Gasteiger partial charge in [0.1, 0.15) is 5.82 Å². The van der Waals surface area contributed by atoms with Crippen molar-refractivity contribution < 1.29 is 0 Å². The molecule has 0 bridgehead atoms. The Morgan fingerprint density at radius 3 is 2.54 bits per heavy atom. The molecule has 0 saturated carbocycles. The van der Waals surface area contributed by atoms with Gasteiger partial charge in [0.15, 0.2) is 5.96 Å². The van der Waals surface area contributed by atoms with E-state index in [4.69, 9.17) is 5.73 Å². The van der Waals surface area contributed by atoms with E-state index < -0.39 is 0 Å². The summed E-state index contributed by atoms with van der Waals surface area (Å²) in [6.45, 7) is 2.10. The first-order valence-electron chi connectivity index (χ1n) is 8.49. The van der Waals surface area contributed by atoms with Crippen LogP contribution in [0.2, 0.25) is 0 Å². The van der Waals surface area contributed by atoms with E-state index in [1.54, 1.807) is 0 Å². The lowest BCUT2D eigenvalue weighted by atomic mass is 10.2. The number of nitrogens with one attached hydrogen (secondary N) is 2. The lowest BCUT2D eigenvalue weighted by Gasteiger charge is -2.08. The first kappa shape index (κ1) is 20.0. The van der Waals surface area contributed by atoms with Crippen LogP contribution in [-0.4, -0.2) is 30.6 Å². The molecule has 3 rings (SSSR count). The molecule has 3 aromatic rings. The van der Waals surface area contributed by atoms with Gasteiger partial charge in [-0.15, -0.1) is 24.0 Å². The summed E-state index contributed by atoms with van der Waals surface area (Å²) >= 11 is 0. The van der Waals surface area contributed by atoms with Crippen molar-refractivity contribution in [1.29, 1.82) is 0 Å². The number of hydrogen-bond donors (Lipinski definition) is 3. The van der Waals surface area contributed by atoms with Crippen molar-refractivity contribution in [2.45, 2.75) is 6.42 Å². The molecule has 0 fully saturated rings. The molecule has 0 spiro atoms. The highest BCUT2D eigenvalue weighted by Crippen LogP contribution is 2.14. The Morgan fingerprint density at radius 1 is 0.923 bits per heavy atom. The predicted octanol–water partition coefficient (Wildman–Crippen LogP) is 3.41. The van der Waals surface area contributed by atoms with E-state index in [0.717, 1.165) is 29.7 Å². The summed E-state index contributed by atoms with van der Waals surface area (Å²) in [6, 6.07) is 22.4. The summed E-state index contributed by atoms with van der Waals surface area (Å²) < 4.78 is 0. The van der Waals surface area contributed by atoms with Gasteiger partial charge in [0, 0.05) is 25.0 Å². The average Bonchev–Trinajstić information content (AvgIpc) is 2.66. The average molecular weight is 461 g/mol. The molecule has 0 radical (unpaired) electrons. The number of para-hydroxylation sites is 1. The summed E-state index contributed by atoms with van der Waals surface area (Å²) in [5.74, 6) is 1.34. The first-order valence-corrected chi connectivity index (χ1v) is 8.49. The molecule has 6 heteroatoms. The third-order valence-electron chi connectivity index (χ3n) is 3.86. The number of fused-ring (bicyclic) bond motifs is 1. The molecule has 0 aliphatic rings. The molecule has 1 aromatic heterocycles. The van der Waals surface area contributed by atoms with Crippen molar-refractivity contribution in [3.63, 3.8) is 0 Å². The zero-order chi connectivity index (χ0) is 17.3. The van der Waals surface area contributed by atoms with Gasteiger partial charge in [-0.3, -0.25) is 4.99 Å². The Bertz CT molecular complexity index is 836. The molecule has 4 N–H and O–H groups in total. The fraction of sp³-hybridized carbons (Fsp3) is 0.200. The van der Waals surface area contributed by atoms with E-state index in [9.17, 15) is 0 Å². The van der Waals surface area contributed by atoms with Crippen LogP contribution in [0.1, 0.15) is 5.56 Å². The van der Waals surface area contributed by atoms with Gasteiger partial charge in [-0.25, -0.2) is 4.98 Å². The van der Waals surface area contributed by atoms with Crippen LogP contribution in [0.3, 0.4) is 0 Å². The second kappa shape index (κ2) is 10.6. The maximum Gasteiger partial charge on any atom is 0.188 e. The van der Waals surface area contributed by atoms with Gasteiger partial charge in [-0.05, 0) is 30.2 Å². The van der Waals surface area contributed by atoms with Gasteiger partial charge in [0.25, 0.3) is 0 Å². The van der Waals surface area contributed by atoms with Crippen LogP contribution in [0.25, 0.3) is 10.9 Å². The number of nitrogens with zero attached hydrogens (tertiary/aromatic N) is 2. The number of hydrogen-bond acceptors (Lipinski definition) is 3. The number of rotatable bonds is 7. The highest BCUT2D eigenvalue weighted by molar-refractivity contribution is 14.0. The van der Waals surface area contributed by atoms with Crippen molar-refractivity contribution in [2.75, 3.05) is 25.0 Å². The highest BCUT2D eigenvalue weighted by atomic mass is 127. The van der Waals surface area contributed by atoms with Gasteiger partial charge in [0.05, 0.1) is 5.52 Å². The Hall–Kier alpha value is -2.35. The van der Waals surface area contributed by atoms with E-state index >= 15 is 0 Å². The molecule has 5 nitrogen and oxygen atoms in total. The fourth-order valence-corrected chi connectivity index (χ4v) is 2.55. The number of benzene rings is 2. The lowest BCUT2D eigenvalue weighted by molar-refractivity contribution is 0.872. The number of anilines is 1. The summed E-state index contributed by atoms with van der Waals surface area (Å²) in [4.78, 5) is 8.92. The summed E-state index contributed by atoms with van der Waals surface area (Å²) in [5, 5.41) is 7.54. The second-order valence-electron chi connectivity index (χ2n) is 5.75. The van der Waals surface area contributed by atoms with Crippen molar-refractivity contribution in [3.8, 4) is 0 Å². The molecule has 26 heavy (non-hydrogen) atoms. The second-order valence-corrected chi connectivity index (χ2v) is 5.75. The van der Waals surface area contributed by atoms with Crippen LogP contribution in [0.5, 0.6) is 0 Å². The monoisotopic (exact) mass is 461 g/mol. The normalized spacial score (nSPS) is 11.0. The smallest absolute Gasteiger partial charge is 0.188 e. The molecular formula is C20H24IN5. The maximum absolute atomic E-state index is 5.89. The number of nitrogens with two attached hydrogens (primary N) is 1. The molecule has 2 aromatic carbocycles. The third kappa shape index (κ3) is 6.18. The molecule has 136 valence electrons. The van der Waals surface area contributed by atoms with Gasteiger partial charge < -0.3 is 16.4 Å². The Labute approximate surface area is 171 Å². The topological polar surface area (TPSA) is 75.3 Å². The maximum atomic E-state index is 5.89. The molecular weight excluding hydrogens is 437 g/mol. The largest absolute Gasteiger partial charge is 0.370 e. The van der Waals surface area contributed by atoms with Gasteiger partial charge in [0.2, 0.25) is 0 Å². The Kier molecular flexibility index (Phi) is 8.14. The number of guanidine groups is 1. The van der Waals surface area contributed by atoms with Gasteiger partial charge >= 0.3 is 0 Å². The van der Waals surface area contributed by atoms with Crippen LogP contribution in [0.15, 0.2) is 71.7 Å². The molecule has 0 unspecified atom stereocenters. The number of halogens is 1. The van der Waals surface area contributed by atoms with Crippen LogP contribution >= 0.6 is 24.0 Å². The standard InChI is InChI=1S/C20H23N5.HI/c21-20(23-13-12-16-6-2-1-3-7-16)24-15-14-22-19-11-10-17-8-4-5-9-18(17)25-19;/h1-11H,12-15H2,(H,22,25)(H3,21,23,24);1H. The van der Waals surface area contributed by atoms with Crippen LogP contribution < -0.4 is 16.4 Å². The van der Waals surface area contributed by atoms with E-state index in [0.29, 0.717) is 19.0 Å². The van der Waals surface area contributed by atoms with Crippen molar-refractivity contribution in [1.82, 2.24) is 10.3 Å². The highest BCUT2D eigenvalue weighted by Gasteiger charge is 1.97. The van der Waals surface area contributed by atoms with Gasteiger partial charge in [-0.1, -0.05) is 48.5 Å². The minimum absolute atomic E-state index is 0. The minimum Gasteiger partial charge on any atom is -0.370 e. The van der Waals surface area contributed by atoms with E-state index in [-0.39, 0.29) is 24.0 Å². The molecule has 0 saturated heterocycles.